The van der Waals surface area contributed by atoms with Crippen molar-refractivity contribution in [3.63, 3.8) is 0 Å². The second kappa shape index (κ2) is 7.20. The van der Waals surface area contributed by atoms with Crippen LogP contribution in [-0.4, -0.2) is 22.7 Å². The van der Waals surface area contributed by atoms with E-state index in [1.807, 2.05) is 23.9 Å². The summed E-state index contributed by atoms with van der Waals surface area (Å²) in [7, 11) is 0. The minimum atomic E-state index is 0.390. The number of phenols is 1. The fourth-order valence-electron chi connectivity index (χ4n) is 2.79. The number of phenolic OH excluding ortho intramolecular Hbond substituents is 1. The summed E-state index contributed by atoms with van der Waals surface area (Å²) < 4.78 is 0. The Morgan fingerprint density at radius 3 is 3.11 bits per heavy atom. The molecule has 0 spiro atoms. The summed E-state index contributed by atoms with van der Waals surface area (Å²) in [6.07, 6.45) is 4.78. The first-order valence-electron chi connectivity index (χ1n) is 7.36. The van der Waals surface area contributed by atoms with Crippen molar-refractivity contribution in [3.8, 4) is 5.75 Å². The summed E-state index contributed by atoms with van der Waals surface area (Å²) in [6, 6.07) is 6.79. The van der Waals surface area contributed by atoms with Crippen LogP contribution in [0.5, 0.6) is 5.75 Å². The predicted octanol–water partition coefficient (Wildman–Crippen LogP) is 3.89. The van der Waals surface area contributed by atoms with Gasteiger partial charge in [0.25, 0.3) is 0 Å². The molecule has 2 rings (SSSR count). The minimum Gasteiger partial charge on any atom is -0.508 e. The smallest absolute Gasteiger partial charge is 0.115 e. The van der Waals surface area contributed by atoms with Crippen molar-refractivity contribution in [3.05, 3.63) is 29.3 Å². The molecule has 0 radical (unpaired) electrons. The highest BCUT2D eigenvalue weighted by Crippen LogP contribution is 2.32. The molecule has 0 heterocycles. The maximum Gasteiger partial charge on any atom is 0.115 e. The van der Waals surface area contributed by atoms with Crippen LogP contribution in [0, 0.1) is 0 Å². The molecule has 106 valence electrons. The Morgan fingerprint density at radius 2 is 2.32 bits per heavy atom. The van der Waals surface area contributed by atoms with Gasteiger partial charge in [0, 0.05) is 12.1 Å². The zero-order valence-corrected chi connectivity index (χ0v) is 12.8. The van der Waals surface area contributed by atoms with E-state index in [0.717, 1.165) is 6.42 Å². The zero-order chi connectivity index (χ0) is 13.7. The molecule has 3 heteroatoms. The first-order valence-corrected chi connectivity index (χ1v) is 8.51. The fraction of sp³-hybridized carbons (Fsp3) is 0.625. The lowest BCUT2D eigenvalue weighted by Crippen LogP contribution is -2.33. The molecule has 1 aromatic carbocycles. The van der Waals surface area contributed by atoms with Gasteiger partial charge in [-0.2, -0.15) is 11.8 Å². The van der Waals surface area contributed by atoms with E-state index in [2.05, 4.69) is 25.2 Å². The predicted molar refractivity (Wildman–Crippen MR) is 84.0 cm³/mol. The van der Waals surface area contributed by atoms with E-state index < -0.39 is 0 Å². The van der Waals surface area contributed by atoms with Crippen LogP contribution in [0.15, 0.2) is 18.2 Å². The third kappa shape index (κ3) is 4.15. The van der Waals surface area contributed by atoms with Gasteiger partial charge in [-0.15, -0.1) is 0 Å². The highest BCUT2D eigenvalue weighted by molar-refractivity contribution is 7.99. The van der Waals surface area contributed by atoms with Crippen LogP contribution in [-0.2, 0) is 6.42 Å². The Morgan fingerprint density at radius 1 is 1.47 bits per heavy atom. The quantitative estimate of drug-likeness (QED) is 0.775. The Labute approximate surface area is 121 Å². The molecule has 0 aromatic heterocycles. The first-order chi connectivity index (χ1) is 9.20. The third-order valence-corrected chi connectivity index (χ3v) is 4.76. The summed E-state index contributed by atoms with van der Waals surface area (Å²) in [5.41, 5.74) is 2.71. The molecule has 1 aromatic rings. The van der Waals surface area contributed by atoms with E-state index in [1.165, 1.54) is 41.9 Å². The van der Waals surface area contributed by atoms with Crippen LogP contribution >= 0.6 is 11.8 Å². The molecule has 2 unspecified atom stereocenters. The zero-order valence-electron chi connectivity index (χ0n) is 12.0. The SMILES string of the molecule is CCSCCC(C)NC1CCCc2ccc(O)cc21. The molecule has 0 aliphatic heterocycles. The lowest BCUT2D eigenvalue weighted by molar-refractivity contribution is 0.400. The topological polar surface area (TPSA) is 32.3 Å². The number of benzene rings is 1. The van der Waals surface area contributed by atoms with Crippen molar-refractivity contribution in [2.75, 3.05) is 11.5 Å². The van der Waals surface area contributed by atoms with Crippen LogP contribution in [0.3, 0.4) is 0 Å². The van der Waals surface area contributed by atoms with Gasteiger partial charge < -0.3 is 10.4 Å². The number of nitrogens with one attached hydrogen (secondary N) is 1. The van der Waals surface area contributed by atoms with E-state index in [-0.39, 0.29) is 0 Å². The van der Waals surface area contributed by atoms with Crippen molar-refractivity contribution < 1.29 is 5.11 Å². The van der Waals surface area contributed by atoms with Crippen molar-refractivity contribution in [1.29, 1.82) is 0 Å². The number of aromatic hydroxyl groups is 1. The molecule has 2 N–H and O–H groups in total. The van der Waals surface area contributed by atoms with Gasteiger partial charge in [-0.1, -0.05) is 13.0 Å². The maximum absolute atomic E-state index is 9.68. The Kier molecular flexibility index (Phi) is 5.59. The van der Waals surface area contributed by atoms with Crippen molar-refractivity contribution in [2.45, 2.75) is 51.6 Å². The number of rotatable bonds is 6. The largest absolute Gasteiger partial charge is 0.508 e. The van der Waals surface area contributed by atoms with Gasteiger partial charge in [0.1, 0.15) is 5.75 Å². The van der Waals surface area contributed by atoms with E-state index in [0.29, 0.717) is 17.8 Å². The van der Waals surface area contributed by atoms with Crippen LogP contribution in [0.1, 0.15) is 50.3 Å². The molecule has 0 saturated carbocycles. The standard InChI is InChI=1S/C16H25NOS/c1-3-19-10-9-12(2)17-16-6-4-5-13-7-8-14(18)11-15(13)16/h7-8,11-12,16-18H,3-6,9-10H2,1-2H3. The number of aryl methyl sites for hydroxylation is 1. The molecule has 1 aliphatic rings. The fourth-order valence-corrected chi connectivity index (χ4v) is 3.60. The van der Waals surface area contributed by atoms with Gasteiger partial charge in [-0.05, 0) is 67.4 Å². The highest BCUT2D eigenvalue weighted by Gasteiger charge is 2.21. The Balaban J connectivity index is 1.97. The summed E-state index contributed by atoms with van der Waals surface area (Å²) in [4.78, 5) is 0. The van der Waals surface area contributed by atoms with Crippen molar-refractivity contribution in [1.82, 2.24) is 5.32 Å². The molecule has 19 heavy (non-hydrogen) atoms. The number of thioether (sulfide) groups is 1. The van der Waals surface area contributed by atoms with Gasteiger partial charge in [0.05, 0.1) is 0 Å². The van der Waals surface area contributed by atoms with Gasteiger partial charge in [0.2, 0.25) is 0 Å². The minimum absolute atomic E-state index is 0.390. The monoisotopic (exact) mass is 279 g/mol. The molecule has 1 aliphatic carbocycles. The summed E-state index contributed by atoms with van der Waals surface area (Å²) in [5, 5.41) is 13.4. The molecular formula is C16H25NOS. The lowest BCUT2D eigenvalue weighted by Gasteiger charge is -2.29. The normalized spacial score (nSPS) is 20.0. The maximum atomic E-state index is 9.68. The summed E-state index contributed by atoms with van der Waals surface area (Å²) in [6.45, 7) is 4.48. The Hall–Kier alpha value is -0.670. The number of hydrogen-bond acceptors (Lipinski definition) is 3. The molecule has 2 atom stereocenters. The van der Waals surface area contributed by atoms with E-state index in [4.69, 9.17) is 0 Å². The van der Waals surface area contributed by atoms with Crippen LogP contribution in [0.2, 0.25) is 0 Å². The van der Waals surface area contributed by atoms with Crippen LogP contribution < -0.4 is 5.32 Å². The summed E-state index contributed by atoms with van der Waals surface area (Å²) >= 11 is 2.01. The average Bonchev–Trinajstić information content (AvgIpc) is 2.40. The van der Waals surface area contributed by atoms with E-state index in [9.17, 15) is 5.11 Å². The first kappa shape index (κ1) is 14.7. The number of fused-ring (bicyclic) bond motifs is 1. The summed E-state index contributed by atoms with van der Waals surface area (Å²) in [5.74, 6) is 2.82. The van der Waals surface area contributed by atoms with E-state index in [1.54, 1.807) is 0 Å². The molecule has 0 bridgehead atoms. The average molecular weight is 279 g/mol. The highest BCUT2D eigenvalue weighted by atomic mass is 32.2. The molecule has 0 amide bonds. The second-order valence-corrected chi connectivity index (χ2v) is 6.78. The molecule has 2 nitrogen and oxygen atoms in total. The molecular weight excluding hydrogens is 254 g/mol. The number of hydrogen-bond donors (Lipinski definition) is 2. The lowest BCUT2D eigenvalue weighted by atomic mass is 9.87. The van der Waals surface area contributed by atoms with Gasteiger partial charge >= 0.3 is 0 Å². The Bertz CT molecular complexity index is 408. The van der Waals surface area contributed by atoms with Crippen molar-refractivity contribution in [2.24, 2.45) is 0 Å². The van der Waals surface area contributed by atoms with Gasteiger partial charge in [0.15, 0.2) is 0 Å². The van der Waals surface area contributed by atoms with E-state index >= 15 is 0 Å². The van der Waals surface area contributed by atoms with Gasteiger partial charge in [-0.3, -0.25) is 0 Å². The molecule has 0 fully saturated rings. The second-order valence-electron chi connectivity index (χ2n) is 5.38. The van der Waals surface area contributed by atoms with Gasteiger partial charge in [-0.25, -0.2) is 0 Å². The third-order valence-electron chi connectivity index (χ3n) is 3.83. The van der Waals surface area contributed by atoms with Crippen LogP contribution in [0.25, 0.3) is 0 Å². The van der Waals surface area contributed by atoms with Crippen LogP contribution in [0.4, 0.5) is 0 Å². The molecule has 0 saturated heterocycles. The van der Waals surface area contributed by atoms with Crippen molar-refractivity contribution >= 4 is 11.8 Å².